The molecule has 2 atom stereocenters. The van der Waals surface area contributed by atoms with Crippen LogP contribution in [0.5, 0.6) is 0 Å². The molecule has 0 amide bonds. The highest BCUT2D eigenvalue weighted by Crippen LogP contribution is 2.43. The van der Waals surface area contributed by atoms with Crippen LogP contribution in [0.4, 0.5) is 0 Å². The fourth-order valence-corrected chi connectivity index (χ4v) is 1.21. The first kappa shape index (κ1) is 6.09. The molecule has 0 heterocycles. The SMILES string of the molecule is CC(C)(C)[C@H]1C[C@@H]1N. The average Bonchev–Trinajstić information content (AvgIpc) is 2.13. The van der Waals surface area contributed by atoms with Crippen molar-refractivity contribution in [1.29, 1.82) is 0 Å². The summed E-state index contributed by atoms with van der Waals surface area (Å²) in [6, 6.07) is 0.509. The van der Waals surface area contributed by atoms with Crippen molar-refractivity contribution in [2.75, 3.05) is 0 Å². The summed E-state index contributed by atoms with van der Waals surface area (Å²) in [6.45, 7) is 6.76. The van der Waals surface area contributed by atoms with Gasteiger partial charge in [0.2, 0.25) is 0 Å². The highest BCUT2D eigenvalue weighted by atomic mass is 14.8. The molecular formula is C7H15N. The maximum absolute atomic E-state index is 5.65. The van der Waals surface area contributed by atoms with Gasteiger partial charge in [-0.05, 0) is 17.8 Å². The Balaban J connectivity index is 2.39. The van der Waals surface area contributed by atoms with Crippen molar-refractivity contribution in [2.45, 2.75) is 33.2 Å². The molecule has 0 bridgehead atoms. The lowest BCUT2D eigenvalue weighted by Crippen LogP contribution is -2.14. The molecule has 1 rings (SSSR count). The van der Waals surface area contributed by atoms with Gasteiger partial charge in [-0.2, -0.15) is 0 Å². The summed E-state index contributed by atoms with van der Waals surface area (Å²) in [5, 5.41) is 0. The Morgan fingerprint density at radius 1 is 1.38 bits per heavy atom. The average molecular weight is 113 g/mol. The lowest BCUT2D eigenvalue weighted by atomic mass is 9.90. The van der Waals surface area contributed by atoms with Crippen molar-refractivity contribution in [3.8, 4) is 0 Å². The van der Waals surface area contributed by atoms with E-state index in [1.165, 1.54) is 6.42 Å². The Morgan fingerprint density at radius 3 is 1.75 bits per heavy atom. The van der Waals surface area contributed by atoms with Gasteiger partial charge >= 0.3 is 0 Å². The quantitative estimate of drug-likeness (QED) is 0.504. The van der Waals surface area contributed by atoms with Gasteiger partial charge in [-0.25, -0.2) is 0 Å². The van der Waals surface area contributed by atoms with E-state index in [1.54, 1.807) is 0 Å². The fourth-order valence-electron chi connectivity index (χ4n) is 1.21. The number of hydrogen-bond acceptors (Lipinski definition) is 1. The molecule has 0 saturated heterocycles. The molecule has 1 nitrogen and oxygen atoms in total. The first-order chi connectivity index (χ1) is 3.52. The molecule has 1 aliphatic carbocycles. The summed E-state index contributed by atoms with van der Waals surface area (Å²) in [7, 11) is 0. The molecule has 1 aliphatic rings. The smallest absolute Gasteiger partial charge is 0.00761 e. The lowest BCUT2D eigenvalue weighted by molar-refractivity contribution is 0.343. The summed E-state index contributed by atoms with van der Waals surface area (Å²) in [4.78, 5) is 0. The first-order valence-corrected chi connectivity index (χ1v) is 3.27. The Morgan fingerprint density at radius 2 is 1.75 bits per heavy atom. The Labute approximate surface area is 51.3 Å². The van der Waals surface area contributed by atoms with Crippen molar-refractivity contribution < 1.29 is 0 Å². The van der Waals surface area contributed by atoms with Crippen LogP contribution in [0.2, 0.25) is 0 Å². The molecule has 8 heavy (non-hydrogen) atoms. The molecule has 0 aromatic carbocycles. The van der Waals surface area contributed by atoms with Crippen LogP contribution >= 0.6 is 0 Å². The summed E-state index contributed by atoms with van der Waals surface area (Å²) in [5.41, 5.74) is 6.11. The van der Waals surface area contributed by atoms with E-state index in [1.807, 2.05) is 0 Å². The minimum absolute atomic E-state index is 0.458. The first-order valence-electron chi connectivity index (χ1n) is 3.27. The Hall–Kier alpha value is -0.0400. The highest BCUT2D eigenvalue weighted by molar-refractivity contribution is 4.97. The van der Waals surface area contributed by atoms with E-state index in [9.17, 15) is 0 Å². The molecule has 1 heteroatoms. The predicted octanol–water partition coefficient (Wildman–Crippen LogP) is 1.38. The van der Waals surface area contributed by atoms with E-state index in [-0.39, 0.29) is 0 Å². The van der Waals surface area contributed by atoms with Gasteiger partial charge < -0.3 is 5.73 Å². The van der Waals surface area contributed by atoms with Crippen LogP contribution in [0.1, 0.15) is 27.2 Å². The third kappa shape index (κ3) is 1.03. The standard InChI is InChI=1S/C7H15N/c1-7(2,3)5-4-6(5)8/h5-6H,4,8H2,1-3H3/t5-,6-/m0/s1. The van der Waals surface area contributed by atoms with Crippen LogP contribution in [-0.2, 0) is 0 Å². The van der Waals surface area contributed by atoms with Gasteiger partial charge in [-0.3, -0.25) is 0 Å². The Kier molecular flexibility index (Phi) is 1.12. The van der Waals surface area contributed by atoms with Gasteiger partial charge in [0.05, 0.1) is 0 Å². The minimum atomic E-state index is 0.458. The monoisotopic (exact) mass is 113 g/mol. The van der Waals surface area contributed by atoms with Crippen molar-refractivity contribution in [2.24, 2.45) is 17.1 Å². The van der Waals surface area contributed by atoms with Crippen LogP contribution in [0, 0.1) is 11.3 Å². The van der Waals surface area contributed by atoms with E-state index >= 15 is 0 Å². The van der Waals surface area contributed by atoms with Crippen molar-refractivity contribution in [1.82, 2.24) is 0 Å². The van der Waals surface area contributed by atoms with Crippen LogP contribution in [0.3, 0.4) is 0 Å². The van der Waals surface area contributed by atoms with Crippen molar-refractivity contribution >= 4 is 0 Å². The van der Waals surface area contributed by atoms with E-state index in [0.717, 1.165) is 5.92 Å². The third-order valence-corrected chi connectivity index (χ3v) is 1.95. The van der Waals surface area contributed by atoms with Crippen molar-refractivity contribution in [3.05, 3.63) is 0 Å². The van der Waals surface area contributed by atoms with Crippen LogP contribution in [0.15, 0.2) is 0 Å². The molecule has 0 spiro atoms. The summed E-state index contributed by atoms with van der Waals surface area (Å²) >= 11 is 0. The van der Waals surface area contributed by atoms with Gasteiger partial charge in [-0.15, -0.1) is 0 Å². The van der Waals surface area contributed by atoms with E-state index in [2.05, 4.69) is 20.8 Å². The highest BCUT2D eigenvalue weighted by Gasteiger charge is 2.42. The van der Waals surface area contributed by atoms with Gasteiger partial charge in [0.15, 0.2) is 0 Å². The summed E-state index contributed by atoms with van der Waals surface area (Å²) in [6.07, 6.45) is 1.24. The number of rotatable bonds is 0. The summed E-state index contributed by atoms with van der Waals surface area (Å²) in [5.74, 6) is 0.794. The predicted molar refractivity (Wildman–Crippen MR) is 35.5 cm³/mol. The minimum Gasteiger partial charge on any atom is -0.327 e. The molecule has 0 aromatic heterocycles. The second-order valence-electron chi connectivity index (χ2n) is 3.87. The second-order valence-corrected chi connectivity index (χ2v) is 3.87. The van der Waals surface area contributed by atoms with Crippen molar-refractivity contribution in [3.63, 3.8) is 0 Å². The van der Waals surface area contributed by atoms with Gasteiger partial charge in [0.25, 0.3) is 0 Å². The maximum Gasteiger partial charge on any atom is 0.00761 e. The molecule has 0 aromatic rings. The van der Waals surface area contributed by atoms with E-state index < -0.39 is 0 Å². The molecule has 1 fully saturated rings. The van der Waals surface area contributed by atoms with Gasteiger partial charge in [-0.1, -0.05) is 20.8 Å². The molecule has 48 valence electrons. The molecule has 2 N–H and O–H groups in total. The lowest BCUT2D eigenvalue weighted by Gasteiger charge is -2.16. The number of hydrogen-bond donors (Lipinski definition) is 1. The third-order valence-electron chi connectivity index (χ3n) is 1.95. The summed E-state index contributed by atoms with van der Waals surface area (Å²) < 4.78 is 0. The normalized spacial score (nSPS) is 37.5. The largest absolute Gasteiger partial charge is 0.327 e. The van der Waals surface area contributed by atoms with Gasteiger partial charge in [0, 0.05) is 6.04 Å². The van der Waals surface area contributed by atoms with E-state index in [4.69, 9.17) is 5.73 Å². The van der Waals surface area contributed by atoms with E-state index in [0.29, 0.717) is 11.5 Å². The zero-order valence-electron chi connectivity index (χ0n) is 5.94. The molecular weight excluding hydrogens is 98.1 g/mol. The molecule has 0 unspecified atom stereocenters. The molecule has 0 radical (unpaired) electrons. The van der Waals surface area contributed by atoms with Gasteiger partial charge in [0.1, 0.15) is 0 Å². The molecule has 0 aliphatic heterocycles. The Bertz CT molecular complexity index is 91.1. The van der Waals surface area contributed by atoms with Crippen LogP contribution < -0.4 is 5.73 Å². The van der Waals surface area contributed by atoms with Crippen LogP contribution in [0.25, 0.3) is 0 Å². The second kappa shape index (κ2) is 1.47. The zero-order chi connectivity index (χ0) is 6.36. The zero-order valence-corrected chi connectivity index (χ0v) is 5.94. The number of nitrogens with two attached hydrogens (primary N) is 1. The maximum atomic E-state index is 5.65. The topological polar surface area (TPSA) is 26.0 Å². The van der Waals surface area contributed by atoms with Crippen LogP contribution in [-0.4, -0.2) is 6.04 Å². The molecule has 1 saturated carbocycles. The fraction of sp³-hybridized carbons (Fsp3) is 1.00.